The number of hydrogen-bond donors (Lipinski definition) is 1. The van der Waals surface area contributed by atoms with Gasteiger partial charge in [0.2, 0.25) is 5.91 Å². The number of amides is 1. The van der Waals surface area contributed by atoms with Gasteiger partial charge in [-0.1, -0.05) is 49.3 Å². The Bertz CT molecular complexity index is 324. The fourth-order valence-electron chi connectivity index (χ4n) is 1.15. The van der Waals surface area contributed by atoms with Gasteiger partial charge in [0.25, 0.3) is 0 Å². The summed E-state index contributed by atoms with van der Waals surface area (Å²) in [6.45, 7) is 10.1. The van der Waals surface area contributed by atoms with E-state index in [9.17, 15) is 4.79 Å². The number of carbonyl (C=O) groups is 1. The van der Waals surface area contributed by atoms with Gasteiger partial charge in [-0.3, -0.25) is 4.79 Å². The van der Waals surface area contributed by atoms with Crippen LogP contribution in [0.2, 0.25) is 0 Å². The highest BCUT2D eigenvalue weighted by molar-refractivity contribution is 5.76. The summed E-state index contributed by atoms with van der Waals surface area (Å²) < 4.78 is 0. The molecule has 96 valence electrons. The Hall–Kier alpha value is -1.31. The van der Waals surface area contributed by atoms with Crippen molar-refractivity contribution in [1.82, 2.24) is 5.32 Å². The van der Waals surface area contributed by atoms with E-state index in [2.05, 4.69) is 25.2 Å². The first-order valence-corrected chi connectivity index (χ1v) is 6.31. The molecule has 1 unspecified atom stereocenters. The van der Waals surface area contributed by atoms with Gasteiger partial charge in [-0.05, 0) is 27.2 Å². The molecular formula is C15H25NO. The summed E-state index contributed by atoms with van der Waals surface area (Å²) in [6.07, 6.45) is 9.82. The van der Waals surface area contributed by atoms with Crippen molar-refractivity contribution in [3.05, 3.63) is 35.5 Å². The molecule has 17 heavy (non-hydrogen) atoms. The summed E-state index contributed by atoms with van der Waals surface area (Å²) >= 11 is 0. The normalized spacial score (nSPS) is 15.1. The van der Waals surface area contributed by atoms with Gasteiger partial charge in [-0.15, -0.1) is 0 Å². The van der Waals surface area contributed by atoms with E-state index in [1.807, 2.05) is 39.0 Å². The molecule has 0 aliphatic heterocycles. The smallest absolute Gasteiger partial charge is 0.220 e. The number of allylic oxidation sites excluding steroid dienone is 5. The average Bonchev–Trinajstić information content (AvgIpc) is 2.33. The standard InChI is InChI=1S/C15H25NO/c1-6-12(3)10-8-9-11-13(4)14(5)16-15(17)7-2/h8-11,14H,6-7H2,1-5H3,(H,16,17). The number of nitrogens with one attached hydrogen (secondary N) is 1. The van der Waals surface area contributed by atoms with Gasteiger partial charge in [0.15, 0.2) is 0 Å². The van der Waals surface area contributed by atoms with Crippen molar-refractivity contribution < 1.29 is 4.79 Å². The Balaban J connectivity index is 4.30. The van der Waals surface area contributed by atoms with Crippen molar-refractivity contribution in [1.29, 1.82) is 0 Å². The van der Waals surface area contributed by atoms with Crippen molar-refractivity contribution in [3.63, 3.8) is 0 Å². The molecule has 2 heteroatoms. The molecule has 0 saturated heterocycles. The molecule has 0 radical (unpaired) electrons. The largest absolute Gasteiger partial charge is 0.350 e. The molecule has 0 aromatic rings. The predicted octanol–water partition coefficient (Wildman–Crippen LogP) is 3.76. The zero-order valence-corrected chi connectivity index (χ0v) is 11.7. The molecule has 0 aromatic heterocycles. The topological polar surface area (TPSA) is 29.1 Å². The van der Waals surface area contributed by atoms with E-state index in [1.54, 1.807) is 0 Å². The minimum Gasteiger partial charge on any atom is -0.350 e. The highest BCUT2D eigenvalue weighted by Crippen LogP contribution is 2.02. The zero-order valence-electron chi connectivity index (χ0n) is 11.7. The molecule has 1 amide bonds. The molecule has 0 bridgehead atoms. The molecule has 0 rings (SSSR count). The zero-order chi connectivity index (χ0) is 13.3. The summed E-state index contributed by atoms with van der Waals surface area (Å²) in [5.41, 5.74) is 2.52. The lowest BCUT2D eigenvalue weighted by molar-refractivity contribution is -0.121. The van der Waals surface area contributed by atoms with Gasteiger partial charge in [-0.2, -0.15) is 0 Å². The molecule has 1 atom stereocenters. The number of hydrogen-bond acceptors (Lipinski definition) is 1. The first-order valence-electron chi connectivity index (χ1n) is 6.31. The fraction of sp³-hybridized carbons (Fsp3) is 0.533. The minimum absolute atomic E-state index is 0.0935. The van der Waals surface area contributed by atoms with Crippen molar-refractivity contribution >= 4 is 5.91 Å². The van der Waals surface area contributed by atoms with E-state index in [1.165, 1.54) is 5.57 Å². The van der Waals surface area contributed by atoms with E-state index in [-0.39, 0.29) is 11.9 Å². The van der Waals surface area contributed by atoms with Crippen LogP contribution in [0.15, 0.2) is 35.5 Å². The lowest BCUT2D eigenvalue weighted by atomic mass is 10.1. The van der Waals surface area contributed by atoms with Crippen molar-refractivity contribution in [3.8, 4) is 0 Å². The Morgan fingerprint density at radius 1 is 1.12 bits per heavy atom. The Morgan fingerprint density at radius 2 is 1.71 bits per heavy atom. The monoisotopic (exact) mass is 235 g/mol. The molecule has 0 fully saturated rings. The minimum atomic E-state index is 0.0935. The first kappa shape index (κ1) is 15.7. The molecule has 2 nitrogen and oxygen atoms in total. The molecule has 0 aromatic carbocycles. The maximum Gasteiger partial charge on any atom is 0.220 e. The van der Waals surface area contributed by atoms with Gasteiger partial charge in [0, 0.05) is 12.5 Å². The van der Waals surface area contributed by atoms with Crippen LogP contribution in [-0.2, 0) is 4.79 Å². The maximum absolute atomic E-state index is 11.2. The van der Waals surface area contributed by atoms with Crippen LogP contribution < -0.4 is 5.32 Å². The van der Waals surface area contributed by atoms with Crippen LogP contribution in [-0.4, -0.2) is 11.9 Å². The highest BCUT2D eigenvalue weighted by atomic mass is 16.1. The quantitative estimate of drug-likeness (QED) is 0.698. The average molecular weight is 235 g/mol. The van der Waals surface area contributed by atoms with E-state index < -0.39 is 0 Å². The number of carbonyl (C=O) groups excluding carboxylic acids is 1. The van der Waals surface area contributed by atoms with Crippen LogP contribution >= 0.6 is 0 Å². The van der Waals surface area contributed by atoms with Crippen LogP contribution in [0, 0.1) is 0 Å². The van der Waals surface area contributed by atoms with E-state index in [0.29, 0.717) is 6.42 Å². The lowest BCUT2D eigenvalue weighted by Gasteiger charge is -2.13. The molecule has 1 N–H and O–H groups in total. The molecule has 0 heterocycles. The summed E-state index contributed by atoms with van der Waals surface area (Å²) in [5.74, 6) is 0.0935. The Morgan fingerprint density at radius 3 is 2.24 bits per heavy atom. The number of rotatable bonds is 6. The summed E-state index contributed by atoms with van der Waals surface area (Å²) in [7, 11) is 0. The third-order valence-corrected chi connectivity index (χ3v) is 2.79. The van der Waals surface area contributed by atoms with Gasteiger partial charge in [0.1, 0.15) is 0 Å². The third kappa shape index (κ3) is 7.56. The maximum atomic E-state index is 11.2. The second kappa shape index (κ2) is 8.80. The fourth-order valence-corrected chi connectivity index (χ4v) is 1.15. The molecule has 0 aliphatic rings. The van der Waals surface area contributed by atoms with Crippen LogP contribution in [0.25, 0.3) is 0 Å². The van der Waals surface area contributed by atoms with E-state index in [0.717, 1.165) is 12.0 Å². The van der Waals surface area contributed by atoms with Crippen LogP contribution in [0.4, 0.5) is 0 Å². The van der Waals surface area contributed by atoms with E-state index in [4.69, 9.17) is 0 Å². The second-order valence-electron chi connectivity index (χ2n) is 4.30. The Kier molecular flexibility index (Phi) is 8.12. The van der Waals surface area contributed by atoms with Crippen LogP contribution in [0.1, 0.15) is 47.5 Å². The van der Waals surface area contributed by atoms with Crippen molar-refractivity contribution in [2.75, 3.05) is 0 Å². The summed E-state index contributed by atoms with van der Waals surface area (Å²) in [6, 6.07) is 0.100. The predicted molar refractivity (Wildman–Crippen MR) is 74.8 cm³/mol. The second-order valence-corrected chi connectivity index (χ2v) is 4.30. The molecule has 0 aliphatic carbocycles. The van der Waals surface area contributed by atoms with Gasteiger partial charge in [0.05, 0.1) is 0 Å². The third-order valence-electron chi connectivity index (χ3n) is 2.79. The SMILES string of the molecule is CCC(=O)NC(C)C(C)=CC=CC=C(C)CC. The Labute approximate surface area is 105 Å². The molecular weight excluding hydrogens is 210 g/mol. The van der Waals surface area contributed by atoms with Crippen LogP contribution in [0.5, 0.6) is 0 Å². The van der Waals surface area contributed by atoms with Crippen molar-refractivity contribution in [2.24, 2.45) is 0 Å². The van der Waals surface area contributed by atoms with Gasteiger partial charge in [-0.25, -0.2) is 0 Å². The lowest BCUT2D eigenvalue weighted by Crippen LogP contribution is -2.32. The first-order chi connectivity index (χ1) is 8.01. The molecule has 0 spiro atoms. The van der Waals surface area contributed by atoms with Crippen LogP contribution in [0.3, 0.4) is 0 Å². The van der Waals surface area contributed by atoms with Gasteiger partial charge >= 0.3 is 0 Å². The van der Waals surface area contributed by atoms with Crippen molar-refractivity contribution in [2.45, 2.75) is 53.5 Å². The molecule has 0 saturated carbocycles. The highest BCUT2D eigenvalue weighted by Gasteiger charge is 2.05. The summed E-state index contributed by atoms with van der Waals surface area (Å²) in [4.78, 5) is 11.2. The summed E-state index contributed by atoms with van der Waals surface area (Å²) in [5, 5.41) is 2.93. The van der Waals surface area contributed by atoms with E-state index >= 15 is 0 Å². The van der Waals surface area contributed by atoms with Gasteiger partial charge < -0.3 is 5.32 Å².